The molecule has 1 aliphatic carbocycles. The highest BCUT2D eigenvalue weighted by Gasteiger charge is 2.21. The van der Waals surface area contributed by atoms with Crippen molar-refractivity contribution in [2.75, 3.05) is 0 Å². The number of carboxylic acid groups (broad SMARTS) is 1. The quantitative estimate of drug-likeness (QED) is 0.522. The van der Waals surface area contributed by atoms with Gasteiger partial charge in [0.25, 0.3) is 0 Å². The van der Waals surface area contributed by atoms with E-state index in [2.05, 4.69) is 0 Å². The van der Waals surface area contributed by atoms with Gasteiger partial charge in [0.2, 0.25) is 0 Å². The monoisotopic (exact) mass is 208 g/mol. The van der Waals surface area contributed by atoms with Crippen LogP contribution in [-0.2, 0) is 14.3 Å². The summed E-state index contributed by atoms with van der Waals surface area (Å²) in [4.78, 5) is 20.7. The maximum Gasteiger partial charge on any atom is 0.417 e. The summed E-state index contributed by atoms with van der Waals surface area (Å²) in [5.74, 6) is -2.62. The van der Waals surface area contributed by atoms with Gasteiger partial charge in [-0.15, -0.1) is 12.4 Å². The molecule has 1 fully saturated rings. The van der Waals surface area contributed by atoms with E-state index in [9.17, 15) is 9.59 Å². The Morgan fingerprint density at radius 2 is 1.69 bits per heavy atom. The summed E-state index contributed by atoms with van der Waals surface area (Å²) in [6.07, 6.45) is 4.65. The molecule has 1 aliphatic rings. The lowest BCUT2D eigenvalue weighted by Crippen LogP contribution is -2.25. The SMILES string of the molecule is Cl.O=C(O)C(=O)OC1CCCCC1. The second kappa shape index (κ2) is 5.80. The van der Waals surface area contributed by atoms with Crippen molar-refractivity contribution in [3.8, 4) is 0 Å². The normalized spacial score (nSPS) is 17.2. The molecule has 0 unspecified atom stereocenters. The minimum absolute atomic E-state index is 0. The highest BCUT2D eigenvalue weighted by atomic mass is 35.5. The van der Waals surface area contributed by atoms with Crippen LogP contribution in [0.3, 0.4) is 0 Å². The lowest BCUT2D eigenvalue weighted by Gasteiger charge is -2.20. The third-order valence-electron chi connectivity index (χ3n) is 2.00. The van der Waals surface area contributed by atoms with Crippen molar-refractivity contribution in [3.05, 3.63) is 0 Å². The van der Waals surface area contributed by atoms with Crippen molar-refractivity contribution in [2.24, 2.45) is 0 Å². The van der Waals surface area contributed by atoms with E-state index in [1.54, 1.807) is 0 Å². The predicted molar refractivity (Wildman–Crippen MR) is 47.8 cm³/mol. The van der Waals surface area contributed by atoms with E-state index < -0.39 is 11.9 Å². The maximum absolute atomic E-state index is 10.6. The number of carbonyl (C=O) groups is 2. The van der Waals surface area contributed by atoms with Gasteiger partial charge < -0.3 is 9.84 Å². The number of carboxylic acids is 1. The molecule has 0 bridgehead atoms. The number of aliphatic carboxylic acids is 1. The molecule has 5 heteroatoms. The first-order chi connectivity index (χ1) is 5.70. The van der Waals surface area contributed by atoms with Crippen LogP contribution in [0.1, 0.15) is 32.1 Å². The fraction of sp³-hybridized carbons (Fsp3) is 0.750. The Hall–Kier alpha value is -0.770. The third kappa shape index (κ3) is 4.12. The molecule has 1 N–H and O–H groups in total. The van der Waals surface area contributed by atoms with E-state index in [-0.39, 0.29) is 18.5 Å². The highest BCUT2D eigenvalue weighted by molar-refractivity contribution is 6.28. The van der Waals surface area contributed by atoms with Crippen molar-refractivity contribution < 1.29 is 19.4 Å². The lowest BCUT2D eigenvalue weighted by atomic mass is 9.98. The summed E-state index contributed by atoms with van der Waals surface area (Å²) in [6.45, 7) is 0. The highest BCUT2D eigenvalue weighted by Crippen LogP contribution is 2.20. The molecule has 4 nitrogen and oxygen atoms in total. The number of rotatable bonds is 1. The second-order valence-corrected chi connectivity index (χ2v) is 2.97. The fourth-order valence-corrected chi connectivity index (χ4v) is 1.38. The molecule has 0 aromatic rings. The van der Waals surface area contributed by atoms with Crippen molar-refractivity contribution in [2.45, 2.75) is 38.2 Å². The molecule has 0 aromatic carbocycles. The van der Waals surface area contributed by atoms with Gasteiger partial charge in [0, 0.05) is 0 Å². The van der Waals surface area contributed by atoms with Gasteiger partial charge >= 0.3 is 11.9 Å². The van der Waals surface area contributed by atoms with E-state index in [0.717, 1.165) is 32.1 Å². The molecule has 0 heterocycles. The molecule has 0 radical (unpaired) electrons. The van der Waals surface area contributed by atoms with Crippen LogP contribution in [0.4, 0.5) is 0 Å². The lowest BCUT2D eigenvalue weighted by molar-refractivity contribution is -0.168. The first kappa shape index (κ1) is 12.2. The molecule has 0 spiro atoms. The summed E-state index contributed by atoms with van der Waals surface area (Å²) in [6, 6.07) is 0. The second-order valence-electron chi connectivity index (χ2n) is 2.97. The molecule has 1 rings (SSSR count). The zero-order valence-electron chi connectivity index (χ0n) is 7.19. The van der Waals surface area contributed by atoms with Crippen LogP contribution in [0, 0.1) is 0 Å². The molecule has 0 aliphatic heterocycles. The van der Waals surface area contributed by atoms with Gasteiger partial charge in [-0.2, -0.15) is 0 Å². The molecule has 0 aromatic heterocycles. The summed E-state index contributed by atoms with van der Waals surface area (Å²) < 4.78 is 4.71. The average molecular weight is 209 g/mol. The summed E-state index contributed by atoms with van der Waals surface area (Å²) in [5.41, 5.74) is 0. The van der Waals surface area contributed by atoms with E-state index in [0.29, 0.717) is 0 Å². The van der Waals surface area contributed by atoms with Gasteiger partial charge in [-0.25, -0.2) is 9.59 Å². The molecular weight excluding hydrogens is 196 g/mol. The third-order valence-corrected chi connectivity index (χ3v) is 2.00. The average Bonchev–Trinajstić information content (AvgIpc) is 2.06. The summed E-state index contributed by atoms with van der Waals surface area (Å²) in [5, 5.41) is 8.24. The number of carbonyl (C=O) groups excluding carboxylic acids is 1. The van der Waals surface area contributed by atoms with Crippen molar-refractivity contribution in [1.29, 1.82) is 0 Å². The van der Waals surface area contributed by atoms with Crippen LogP contribution in [-0.4, -0.2) is 23.1 Å². The van der Waals surface area contributed by atoms with Gasteiger partial charge in [-0.3, -0.25) is 0 Å². The molecule has 1 saturated carbocycles. The minimum Gasteiger partial charge on any atom is -0.473 e. The predicted octanol–water partition coefficient (Wildman–Crippen LogP) is 1.37. The number of halogens is 1. The standard InChI is InChI=1S/C8H12O4.ClH/c9-7(10)8(11)12-6-4-2-1-3-5-6;/h6H,1-5H2,(H,9,10);1H. The Kier molecular flexibility index (Phi) is 5.46. The van der Waals surface area contributed by atoms with Crippen LogP contribution in [0.5, 0.6) is 0 Å². The smallest absolute Gasteiger partial charge is 0.417 e. The van der Waals surface area contributed by atoms with Gasteiger partial charge in [-0.05, 0) is 25.7 Å². The first-order valence-electron chi connectivity index (χ1n) is 4.14. The maximum atomic E-state index is 10.6. The molecular formula is C8H13ClO4. The molecule has 76 valence electrons. The van der Waals surface area contributed by atoms with Gasteiger partial charge in [0.15, 0.2) is 0 Å². The molecule has 13 heavy (non-hydrogen) atoms. The molecule has 0 atom stereocenters. The summed E-state index contributed by atoms with van der Waals surface area (Å²) in [7, 11) is 0. The number of hydrogen-bond acceptors (Lipinski definition) is 3. The Balaban J connectivity index is 0.00000144. The van der Waals surface area contributed by atoms with Crippen molar-refractivity contribution in [1.82, 2.24) is 0 Å². The summed E-state index contributed by atoms with van der Waals surface area (Å²) >= 11 is 0. The van der Waals surface area contributed by atoms with Gasteiger partial charge in [-0.1, -0.05) is 6.42 Å². The minimum atomic E-state index is -1.50. The molecule has 0 saturated heterocycles. The van der Waals surface area contributed by atoms with E-state index >= 15 is 0 Å². The van der Waals surface area contributed by atoms with Crippen molar-refractivity contribution in [3.63, 3.8) is 0 Å². The van der Waals surface area contributed by atoms with Crippen LogP contribution >= 0.6 is 12.4 Å². The topological polar surface area (TPSA) is 63.6 Å². The number of ether oxygens (including phenoxy) is 1. The zero-order valence-corrected chi connectivity index (χ0v) is 8.01. The van der Waals surface area contributed by atoms with E-state index in [1.165, 1.54) is 0 Å². The Labute approximate surface area is 82.7 Å². The Bertz CT molecular complexity index is 187. The first-order valence-corrected chi connectivity index (χ1v) is 4.14. The van der Waals surface area contributed by atoms with E-state index in [1.807, 2.05) is 0 Å². The zero-order chi connectivity index (χ0) is 8.97. The van der Waals surface area contributed by atoms with Gasteiger partial charge in [0.1, 0.15) is 6.10 Å². The van der Waals surface area contributed by atoms with Crippen LogP contribution in [0.25, 0.3) is 0 Å². The van der Waals surface area contributed by atoms with Crippen molar-refractivity contribution >= 4 is 24.3 Å². The fourth-order valence-electron chi connectivity index (χ4n) is 1.38. The largest absolute Gasteiger partial charge is 0.473 e. The van der Waals surface area contributed by atoms with Crippen LogP contribution in [0.2, 0.25) is 0 Å². The van der Waals surface area contributed by atoms with Crippen LogP contribution < -0.4 is 0 Å². The Morgan fingerprint density at radius 1 is 1.15 bits per heavy atom. The van der Waals surface area contributed by atoms with Crippen LogP contribution in [0.15, 0.2) is 0 Å². The van der Waals surface area contributed by atoms with Gasteiger partial charge in [0.05, 0.1) is 0 Å². The molecule has 0 amide bonds. The number of esters is 1. The number of hydrogen-bond donors (Lipinski definition) is 1. The van der Waals surface area contributed by atoms with E-state index in [4.69, 9.17) is 9.84 Å². The Morgan fingerprint density at radius 3 is 2.15 bits per heavy atom.